The normalized spacial score (nSPS) is 24.6. The SMILES string of the molecule is COc1ccc2nccc(C(O)CC[C@H]3C(OC(=O)C4CCCNC4)C[C@H]3c3ccccc3C)c2c1. The molecule has 190 valence electrons. The highest BCUT2D eigenvalue weighted by atomic mass is 16.5. The van der Waals surface area contributed by atoms with E-state index in [4.69, 9.17) is 9.47 Å². The van der Waals surface area contributed by atoms with Crippen molar-refractivity contribution in [2.45, 2.75) is 57.2 Å². The van der Waals surface area contributed by atoms with Crippen LogP contribution in [0.2, 0.25) is 0 Å². The number of nitrogens with one attached hydrogen (secondary N) is 1. The van der Waals surface area contributed by atoms with Crippen molar-refractivity contribution in [2.24, 2.45) is 11.8 Å². The molecule has 5 atom stereocenters. The summed E-state index contributed by atoms with van der Waals surface area (Å²) in [5, 5.41) is 15.5. The summed E-state index contributed by atoms with van der Waals surface area (Å²) >= 11 is 0. The number of aliphatic hydroxyl groups is 1. The van der Waals surface area contributed by atoms with Crippen molar-refractivity contribution in [1.29, 1.82) is 0 Å². The number of methoxy groups -OCH3 is 1. The van der Waals surface area contributed by atoms with Crippen molar-refractivity contribution in [3.8, 4) is 5.75 Å². The molecule has 5 rings (SSSR count). The van der Waals surface area contributed by atoms with Gasteiger partial charge in [-0.1, -0.05) is 24.3 Å². The zero-order valence-corrected chi connectivity index (χ0v) is 21.2. The van der Waals surface area contributed by atoms with Gasteiger partial charge in [-0.15, -0.1) is 0 Å². The van der Waals surface area contributed by atoms with Crippen LogP contribution >= 0.6 is 0 Å². The number of hydrogen-bond acceptors (Lipinski definition) is 6. The fourth-order valence-electron chi connectivity index (χ4n) is 5.91. The number of ether oxygens (including phenoxy) is 2. The Bertz CT molecular complexity index is 1210. The van der Waals surface area contributed by atoms with Crippen molar-refractivity contribution in [3.05, 3.63) is 71.4 Å². The molecule has 0 radical (unpaired) electrons. The number of benzene rings is 2. The highest BCUT2D eigenvalue weighted by Crippen LogP contribution is 2.49. The third kappa shape index (κ3) is 5.11. The van der Waals surface area contributed by atoms with E-state index < -0.39 is 6.10 Å². The molecule has 2 heterocycles. The standard InChI is InChI=1S/C30H36N2O4/c1-19-6-3-4-8-22(19)25-17-29(36-30(34)20-7-5-14-31-18-20)24(25)10-12-28(33)23-13-15-32-27-11-9-21(35-2)16-26(23)27/h3-4,6,8-9,11,13,15-16,20,24-25,28-29,31,33H,5,7,10,12,14,17-18H2,1-2H3/t20?,24-,25+,28?,29?/m1/s1. The summed E-state index contributed by atoms with van der Waals surface area (Å²) in [5.74, 6) is 1.12. The zero-order valence-electron chi connectivity index (χ0n) is 21.2. The van der Waals surface area contributed by atoms with Gasteiger partial charge in [0.2, 0.25) is 0 Å². The van der Waals surface area contributed by atoms with E-state index in [-0.39, 0.29) is 23.9 Å². The molecule has 1 aromatic heterocycles. The van der Waals surface area contributed by atoms with Crippen LogP contribution in [0.1, 0.15) is 60.8 Å². The van der Waals surface area contributed by atoms with Crippen LogP contribution in [-0.4, -0.2) is 42.4 Å². The van der Waals surface area contributed by atoms with Crippen molar-refractivity contribution in [3.63, 3.8) is 0 Å². The maximum Gasteiger partial charge on any atom is 0.310 e. The molecule has 6 heteroatoms. The first-order valence-electron chi connectivity index (χ1n) is 13.1. The molecule has 0 amide bonds. The maximum atomic E-state index is 12.9. The molecule has 2 N–H and O–H groups in total. The third-order valence-corrected chi connectivity index (χ3v) is 8.08. The Kier molecular flexibility index (Phi) is 7.54. The Labute approximate surface area is 213 Å². The van der Waals surface area contributed by atoms with E-state index in [2.05, 4.69) is 41.5 Å². The minimum absolute atomic E-state index is 0.0549. The van der Waals surface area contributed by atoms with Gasteiger partial charge < -0.3 is 19.9 Å². The van der Waals surface area contributed by atoms with Gasteiger partial charge in [-0.05, 0) is 92.4 Å². The summed E-state index contributed by atoms with van der Waals surface area (Å²) in [6, 6.07) is 16.1. The number of carbonyl (C=O) groups excluding carboxylic acids is 1. The van der Waals surface area contributed by atoms with Crippen LogP contribution in [0.4, 0.5) is 0 Å². The lowest BCUT2D eigenvalue weighted by Crippen LogP contribution is -2.45. The second-order valence-corrected chi connectivity index (χ2v) is 10.3. The van der Waals surface area contributed by atoms with Gasteiger partial charge in [-0.25, -0.2) is 0 Å². The van der Waals surface area contributed by atoms with Gasteiger partial charge in [0.15, 0.2) is 0 Å². The molecule has 1 saturated heterocycles. The first kappa shape index (κ1) is 24.7. The lowest BCUT2D eigenvalue weighted by Gasteiger charge is -2.45. The lowest BCUT2D eigenvalue weighted by atomic mass is 9.64. The number of esters is 1. The van der Waals surface area contributed by atoms with Crippen LogP contribution in [0.25, 0.3) is 10.9 Å². The van der Waals surface area contributed by atoms with Crippen molar-refractivity contribution < 1.29 is 19.4 Å². The molecule has 1 aliphatic heterocycles. The quantitative estimate of drug-likeness (QED) is 0.431. The summed E-state index contributed by atoms with van der Waals surface area (Å²) in [4.78, 5) is 17.3. The second kappa shape index (κ2) is 11.0. The minimum Gasteiger partial charge on any atom is -0.497 e. The van der Waals surface area contributed by atoms with Gasteiger partial charge in [0, 0.05) is 24.0 Å². The van der Waals surface area contributed by atoms with Crippen LogP contribution in [0.15, 0.2) is 54.7 Å². The van der Waals surface area contributed by atoms with E-state index in [0.29, 0.717) is 18.9 Å². The van der Waals surface area contributed by atoms with E-state index in [1.165, 1.54) is 11.1 Å². The monoisotopic (exact) mass is 488 g/mol. The number of aryl methyl sites for hydroxylation is 1. The fourth-order valence-corrected chi connectivity index (χ4v) is 5.91. The summed E-state index contributed by atoms with van der Waals surface area (Å²) in [7, 11) is 1.64. The number of fused-ring (bicyclic) bond motifs is 1. The smallest absolute Gasteiger partial charge is 0.310 e. The number of pyridine rings is 1. The minimum atomic E-state index is -0.639. The Hall–Kier alpha value is -2.96. The molecule has 0 spiro atoms. The number of nitrogens with zero attached hydrogens (tertiary/aromatic N) is 1. The maximum absolute atomic E-state index is 12.9. The summed E-state index contributed by atoms with van der Waals surface area (Å²) in [6.45, 7) is 3.82. The van der Waals surface area contributed by atoms with Crippen LogP contribution in [0.5, 0.6) is 5.75 Å². The van der Waals surface area contributed by atoms with Crippen LogP contribution < -0.4 is 10.1 Å². The summed E-state index contributed by atoms with van der Waals surface area (Å²) in [6.07, 6.45) is 5.10. The third-order valence-electron chi connectivity index (χ3n) is 8.08. The summed E-state index contributed by atoms with van der Waals surface area (Å²) < 4.78 is 11.5. The highest BCUT2D eigenvalue weighted by Gasteiger charge is 2.45. The van der Waals surface area contributed by atoms with Crippen LogP contribution in [-0.2, 0) is 9.53 Å². The first-order valence-corrected chi connectivity index (χ1v) is 13.1. The van der Waals surface area contributed by atoms with Gasteiger partial charge in [0.05, 0.1) is 24.6 Å². The number of piperidine rings is 1. The van der Waals surface area contributed by atoms with E-state index in [1.54, 1.807) is 13.3 Å². The number of rotatable bonds is 8. The molecule has 1 aliphatic carbocycles. The molecule has 6 nitrogen and oxygen atoms in total. The second-order valence-electron chi connectivity index (χ2n) is 10.3. The average molecular weight is 489 g/mol. The topological polar surface area (TPSA) is 80.7 Å². The Morgan fingerprint density at radius 2 is 2.08 bits per heavy atom. The number of aromatic nitrogens is 1. The molecule has 3 unspecified atom stereocenters. The van der Waals surface area contributed by atoms with Crippen LogP contribution in [0, 0.1) is 18.8 Å². The number of carbonyl (C=O) groups is 1. The lowest BCUT2D eigenvalue weighted by molar-refractivity contribution is -0.166. The van der Waals surface area contributed by atoms with Gasteiger partial charge in [0.25, 0.3) is 0 Å². The zero-order chi connectivity index (χ0) is 25.1. The Morgan fingerprint density at radius 1 is 1.22 bits per heavy atom. The van der Waals surface area contributed by atoms with E-state index in [9.17, 15) is 9.90 Å². The predicted molar refractivity (Wildman–Crippen MR) is 140 cm³/mol. The average Bonchev–Trinajstić information content (AvgIpc) is 2.91. The van der Waals surface area contributed by atoms with Gasteiger partial charge >= 0.3 is 5.97 Å². The summed E-state index contributed by atoms with van der Waals surface area (Å²) in [5.41, 5.74) is 4.28. The molecular formula is C30H36N2O4. The van der Waals surface area contributed by atoms with Gasteiger partial charge in [-0.3, -0.25) is 9.78 Å². The molecule has 2 aliphatic rings. The molecule has 2 aromatic carbocycles. The van der Waals surface area contributed by atoms with Crippen LogP contribution in [0.3, 0.4) is 0 Å². The van der Waals surface area contributed by atoms with Gasteiger partial charge in [-0.2, -0.15) is 0 Å². The highest BCUT2D eigenvalue weighted by molar-refractivity contribution is 5.83. The van der Waals surface area contributed by atoms with E-state index >= 15 is 0 Å². The first-order chi connectivity index (χ1) is 17.5. The fraction of sp³-hybridized carbons (Fsp3) is 0.467. The van der Waals surface area contributed by atoms with Crippen molar-refractivity contribution >= 4 is 16.9 Å². The number of aliphatic hydroxyl groups excluding tert-OH is 1. The molecule has 2 fully saturated rings. The van der Waals surface area contributed by atoms with Crippen molar-refractivity contribution in [2.75, 3.05) is 20.2 Å². The molecule has 0 bridgehead atoms. The molecular weight excluding hydrogens is 452 g/mol. The molecule has 3 aromatic rings. The Balaban J connectivity index is 1.32. The molecule has 1 saturated carbocycles. The number of hydrogen-bond donors (Lipinski definition) is 2. The van der Waals surface area contributed by atoms with Gasteiger partial charge in [0.1, 0.15) is 11.9 Å². The van der Waals surface area contributed by atoms with Crippen molar-refractivity contribution in [1.82, 2.24) is 10.3 Å². The Morgan fingerprint density at radius 3 is 2.86 bits per heavy atom. The predicted octanol–water partition coefficient (Wildman–Crippen LogP) is 5.08. The van der Waals surface area contributed by atoms with E-state index in [0.717, 1.165) is 54.4 Å². The van der Waals surface area contributed by atoms with E-state index in [1.807, 2.05) is 24.3 Å². The largest absolute Gasteiger partial charge is 0.497 e. The molecule has 36 heavy (non-hydrogen) atoms.